The molecule has 0 aromatic heterocycles. The zero-order valence-electron chi connectivity index (χ0n) is 6.33. The third kappa shape index (κ3) is 1.11. The van der Waals surface area contributed by atoms with Crippen LogP contribution in [0.25, 0.3) is 0 Å². The Hall–Kier alpha value is -1.31. The Morgan fingerprint density at radius 3 is 3.36 bits per heavy atom. The molecule has 0 radical (unpaired) electrons. The largest absolute Gasteiger partial charge is 0.345 e. The molecule has 2 aliphatic rings. The topological polar surface area (TPSA) is 15.6 Å². The van der Waals surface area contributed by atoms with Gasteiger partial charge in [-0.15, -0.1) is 0 Å². The molecule has 2 aliphatic heterocycles. The standard InChI is InChI=1S/C9H10N2/c1-8-2-4-11-5-3-10-7-9(11)6-8/h2,4,6-7H,1,3,5H2. The first-order valence-electron chi connectivity index (χ1n) is 3.71. The van der Waals surface area contributed by atoms with Crippen LogP contribution in [-0.2, 0) is 0 Å². The van der Waals surface area contributed by atoms with Gasteiger partial charge in [-0.3, -0.25) is 4.99 Å². The minimum absolute atomic E-state index is 0.897. The molecular weight excluding hydrogens is 136 g/mol. The second-order valence-corrected chi connectivity index (χ2v) is 2.69. The third-order valence-corrected chi connectivity index (χ3v) is 1.83. The molecule has 0 saturated heterocycles. The van der Waals surface area contributed by atoms with Crippen LogP contribution in [0.15, 0.2) is 41.2 Å². The van der Waals surface area contributed by atoms with Gasteiger partial charge in [-0.25, -0.2) is 0 Å². The highest BCUT2D eigenvalue weighted by Crippen LogP contribution is 2.15. The molecule has 2 heteroatoms. The van der Waals surface area contributed by atoms with E-state index in [0.29, 0.717) is 0 Å². The minimum Gasteiger partial charge on any atom is -0.345 e. The Balaban J connectivity index is 2.33. The molecule has 0 aromatic rings. The van der Waals surface area contributed by atoms with Gasteiger partial charge in [0.25, 0.3) is 0 Å². The van der Waals surface area contributed by atoms with E-state index >= 15 is 0 Å². The van der Waals surface area contributed by atoms with E-state index in [-0.39, 0.29) is 0 Å². The Bertz CT molecular complexity index is 271. The molecule has 2 heterocycles. The molecule has 0 spiro atoms. The average Bonchev–Trinajstić information content (AvgIpc) is 2.04. The number of nitrogens with zero attached hydrogens (tertiary/aromatic N) is 2. The molecule has 0 aliphatic carbocycles. The molecule has 0 atom stereocenters. The van der Waals surface area contributed by atoms with Crippen molar-refractivity contribution >= 4 is 6.21 Å². The quantitative estimate of drug-likeness (QED) is 0.503. The van der Waals surface area contributed by atoms with Crippen LogP contribution in [0.4, 0.5) is 0 Å². The van der Waals surface area contributed by atoms with Crippen molar-refractivity contribution in [2.45, 2.75) is 0 Å². The minimum atomic E-state index is 0.897. The van der Waals surface area contributed by atoms with Gasteiger partial charge in [0.2, 0.25) is 0 Å². The Kier molecular flexibility index (Phi) is 1.39. The molecule has 2 rings (SSSR count). The fraction of sp³-hybridized carbons (Fsp3) is 0.222. The lowest BCUT2D eigenvalue weighted by Crippen LogP contribution is -2.26. The highest BCUT2D eigenvalue weighted by Gasteiger charge is 2.10. The van der Waals surface area contributed by atoms with Crippen molar-refractivity contribution in [2.75, 3.05) is 13.1 Å². The predicted octanol–water partition coefficient (Wildman–Crippen LogP) is 1.34. The van der Waals surface area contributed by atoms with E-state index in [1.165, 1.54) is 0 Å². The van der Waals surface area contributed by atoms with Gasteiger partial charge in [-0.05, 0) is 17.7 Å². The van der Waals surface area contributed by atoms with Crippen molar-refractivity contribution < 1.29 is 0 Å². The van der Waals surface area contributed by atoms with Crippen molar-refractivity contribution in [3.05, 3.63) is 36.2 Å². The van der Waals surface area contributed by atoms with E-state index in [4.69, 9.17) is 0 Å². The van der Waals surface area contributed by atoms with E-state index in [1.54, 1.807) is 0 Å². The third-order valence-electron chi connectivity index (χ3n) is 1.83. The summed E-state index contributed by atoms with van der Waals surface area (Å²) in [6.07, 6.45) is 8.02. The van der Waals surface area contributed by atoms with E-state index in [9.17, 15) is 0 Å². The molecule has 0 N–H and O–H groups in total. The molecule has 2 nitrogen and oxygen atoms in total. The van der Waals surface area contributed by atoms with Crippen molar-refractivity contribution in [1.82, 2.24) is 4.90 Å². The number of hydrogen-bond donors (Lipinski definition) is 0. The van der Waals surface area contributed by atoms with Crippen molar-refractivity contribution in [1.29, 1.82) is 0 Å². The van der Waals surface area contributed by atoms with Gasteiger partial charge in [0.1, 0.15) is 0 Å². The Morgan fingerprint density at radius 2 is 2.45 bits per heavy atom. The zero-order valence-corrected chi connectivity index (χ0v) is 6.33. The van der Waals surface area contributed by atoms with Gasteiger partial charge in [-0.1, -0.05) is 6.58 Å². The van der Waals surface area contributed by atoms with Crippen LogP contribution in [0, 0.1) is 0 Å². The van der Waals surface area contributed by atoms with E-state index < -0.39 is 0 Å². The van der Waals surface area contributed by atoms with Crippen molar-refractivity contribution in [3.8, 4) is 0 Å². The summed E-state index contributed by atoms with van der Waals surface area (Å²) in [4.78, 5) is 6.37. The van der Waals surface area contributed by atoms with E-state index in [1.807, 2.05) is 18.4 Å². The van der Waals surface area contributed by atoms with Crippen LogP contribution in [0.1, 0.15) is 0 Å². The summed E-state index contributed by atoms with van der Waals surface area (Å²) >= 11 is 0. The lowest BCUT2D eigenvalue weighted by atomic mass is 10.1. The van der Waals surface area contributed by atoms with E-state index in [0.717, 1.165) is 24.4 Å². The normalized spacial score (nSPS) is 21.6. The van der Waals surface area contributed by atoms with E-state index in [2.05, 4.69) is 22.7 Å². The van der Waals surface area contributed by atoms with Crippen LogP contribution in [-0.4, -0.2) is 24.2 Å². The fourth-order valence-corrected chi connectivity index (χ4v) is 1.23. The van der Waals surface area contributed by atoms with Crippen LogP contribution >= 0.6 is 0 Å². The molecule has 0 amide bonds. The summed E-state index contributed by atoms with van der Waals surface area (Å²) in [5.74, 6) is 0. The Labute approximate surface area is 66.2 Å². The maximum Gasteiger partial charge on any atom is 0.0594 e. The zero-order chi connectivity index (χ0) is 7.68. The Morgan fingerprint density at radius 1 is 1.55 bits per heavy atom. The second kappa shape index (κ2) is 2.38. The molecule has 56 valence electrons. The van der Waals surface area contributed by atoms with Crippen molar-refractivity contribution in [2.24, 2.45) is 4.99 Å². The van der Waals surface area contributed by atoms with Gasteiger partial charge >= 0.3 is 0 Å². The molecule has 0 unspecified atom stereocenters. The lowest BCUT2D eigenvalue weighted by molar-refractivity contribution is 0.483. The van der Waals surface area contributed by atoms with Crippen LogP contribution in [0.2, 0.25) is 0 Å². The smallest absolute Gasteiger partial charge is 0.0594 e. The van der Waals surface area contributed by atoms with Crippen LogP contribution in [0.3, 0.4) is 0 Å². The molecular formula is C9H10N2. The maximum atomic E-state index is 4.19. The molecule has 0 bridgehead atoms. The monoisotopic (exact) mass is 146 g/mol. The van der Waals surface area contributed by atoms with Gasteiger partial charge in [-0.2, -0.15) is 0 Å². The fourth-order valence-electron chi connectivity index (χ4n) is 1.23. The van der Waals surface area contributed by atoms with Crippen LogP contribution in [0.5, 0.6) is 0 Å². The first kappa shape index (κ1) is 6.40. The molecule has 11 heavy (non-hydrogen) atoms. The average molecular weight is 146 g/mol. The first-order chi connectivity index (χ1) is 5.36. The van der Waals surface area contributed by atoms with Gasteiger partial charge in [0, 0.05) is 19.0 Å². The lowest BCUT2D eigenvalue weighted by Gasteiger charge is -2.26. The van der Waals surface area contributed by atoms with Gasteiger partial charge in [0.05, 0.1) is 12.2 Å². The maximum absolute atomic E-state index is 4.19. The number of aliphatic imine (C=N–C) groups is 1. The number of rotatable bonds is 0. The predicted molar refractivity (Wildman–Crippen MR) is 46.4 cm³/mol. The summed E-state index contributed by atoms with van der Waals surface area (Å²) in [7, 11) is 0. The summed E-state index contributed by atoms with van der Waals surface area (Å²) < 4.78 is 0. The van der Waals surface area contributed by atoms with Crippen molar-refractivity contribution in [3.63, 3.8) is 0 Å². The highest BCUT2D eigenvalue weighted by molar-refractivity contribution is 5.80. The summed E-state index contributed by atoms with van der Waals surface area (Å²) in [6, 6.07) is 0. The van der Waals surface area contributed by atoms with Gasteiger partial charge < -0.3 is 4.90 Å². The first-order valence-corrected chi connectivity index (χ1v) is 3.71. The highest BCUT2D eigenvalue weighted by atomic mass is 15.2. The van der Waals surface area contributed by atoms with Crippen LogP contribution < -0.4 is 0 Å². The SMILES string of the molecule is C=C1C=CN2CCN=CC2=C1. The number of allylic oxidation sites excluding steroid dienone is 4. The molecule has 0 aromatic carbocycles. The summed E-state index contributed by atoms with van der Waals surface area (Å²) in [5.41, 5.74) is 2.20. The summed E-state index contributed by atoms with van der Waals surface area (Å²) in [6.45, 7) is 5.74. The second-order valence-electron chi connectivity index (χ2n) is 2.69. The number of hydrogen-bond acceptors (Lipinski definition) is 2. The molecule has 0 fully saturated rings. The number of fused-ring (bicyclic) bond motifs is 1. The van der Waals surface area contributed by atoms with Gasteiger partial charge in [0.15, 0.2) is 0 Å². The molecule has 0 saturated carbocycles. The summed E-state index contributed by atoms with van der Waals surface area (Å²) in [5, 5.41) is 0.